The van der Waals surface area contributed by atoms with E-state index in [4.69, 9.17) is 22.1 Å². The first-order chi connectivity index (χ1) is 11.3. The molecule has 2 aromatic heterocycles. The average molecular weight is 350 g/mol. The van der Waals surface area contributed by atoms with E-state index in [0.29, 0.717) is 17.3 Å². The Kier molecular flexibility index (Phi) is 4.15. The Morgan fingerprint density at radius 3 is 2.75 bits per heavy atom. The molecule has 3 N–H and O–H groups in total. The fourth-order valence-electron chi connectivity index (χ4n) is 3.04. The van der Waals surface area contributed by atoms with Crippen LogP contribution >= 0.6 is 11.6 Å². The SMILES string of the molecule is COC1=C(C)C(C)N(O)C(Cn2ccc3c(Cl)nc(N)nc32)=C1C. The summed E-state index contributed by atoms with van der Waals surface area (Å²) in [6, 6.07) is 1.66. The minimum Gasteiger partial charge on any atom is -0.496 e. The van der Waals surface area contributed by atoms with Gasteiger partial charge in [0.1, 0.15) is 16.6 Å². The number of hydroxylamine groups is 2. The number of nitrogens with zero attached hydrogens (tertiary/aromatic N) is 4. The van der Waals surface area contributed by atoms with Crippen molar-refractivity contribution in [3.63, 3.8) is 0 Å². The summed E-state index contributed by atoms with van der Waals surface area (Å²) in [5.74, 6) is 0.913. The van der Waals surface area contributed by atoms with Crippen LogP contribution in [0, 0.1) is 0 Å². The monoisotopic (exact) mass is 349 g/mol. The molecule has 1 unspecified atom stereocenters. The van der Waals surface area contributed by atoms with Gasteiger partial charge in [0.2, 0.25) is 5.95 Å². The summed E-state index contributed by atoms with van der Waals surface area (Å²) < 4.78 is 7.39. The number of nitrogens with two attached hydrogens (primary N) is 1. The van der Waals surface area contributed by atoms with Crippen molar-refractivity contribution >= 4 is 28.6 Å². The van der Waals surface area contributed by atoms with Crippen LogP contribution in [0.5, 0.6) is 0 Å². The zero-order chi connectivity index (χ0) is 17.6. The molecule has 0 radical (unpaired) electrons. The van der Waals surface area contributed by atoms with Crippen LogP contribution in [0.4, 0.5) is 5.95 Å². The fourth-order valence-corrected chi connectivity index (χ4v) is 3.28. The predicted molar refractivity (Wildman–Crippen MR) is 92.4 cm³/mol. The van der Waals surface area contributed by atoms with Gasteiger partial charge in [0.15, 0.2) is 0 Å². The maximum absolute atomic E-state index is 10.6. The summed E-state index contributed by atoms with van der Waals surface area (Å²) in [6.45, 7) is 6.20. The highest BCUT2D eigenvalue weighted by Gasteiger charge is 2.29. The quantitative estimate of drug-likeness (QED) is 0.828. The molecule has 0 spiro atoms. The number of aromatic nitrogens is 3. The minimum atomic E-state index is -0.177. The minimum absolute atomic E-state index is 0.115. The summed E-state index contributed by atoms with van der Waals surface area (Å²) >= 11 is 6.12. The highest BCUT2D eigenvalue weighted by Crippen LogP contribution is 2.32. The lowest BCUT2D eigenvalue weighted by molar-refractivity contribution is -0.0857. The summed E-state index contributed by atoms with van der Waals surface area (Å²) in [6.07, 6.45) is 1.85. The molecule has 1 atom stereocenters. The van der Waals surface area contributed by atoms with Crippen LogP contribution in [0.2, 0.25) is 5.15 Å². The van der Waals surface area contributed by atoms with Crippen LogP contribution in [-0.2, 0) is 11.3 Å². The Morgan fingerprint density at radius 1 is 1.38 bits per heavy atom. The number of halogens is 1. The summed E-state index contributed by atoms with van der Waals surface area (Å²) in [7, 11) is 1.64. The van der Waals surface area contributed by atoms with Gasteiger partial charge < -0.3 is 15.0 Å². The Hall–Kier alpha value is -2.25. The van der Waals surface area contributed by atoms with E-state index >= 15 is 0 Å². The molecular formula is C16H20ClN5O2. The molecule has 0 bridgehead atoms. The Bertz CT molecular complexity index is 871. The second-order valence-corrected chi connectivity index (χ2v) is 6.22. The van der Waals surface area contributed by atoms with Crippen molar-refractivity contribution in [3.8, 4) is 0 Å². The molecule has 128 valence electrons. The number of rotatable bonds is 3. The Balaban J connectivity index is 2.09. The second kappa shape index (κ2) is 5.99. The summed E-state index contributed by atoms with van der Waals surface area (Å²) in [5, 5.41) is 12.9. The summed E-state index contributed by atoms with van der Waals surface area (Å²) in [5.41, 5.74) is 8.92. The van der Waals surface area contributed by atoms with Crippen molar-refractivity contribution < 1.29 is 9.94 Å². The molecule has 1 aliphatic heterocycles. The van der Waals surface area contributed by atoms with E-state index in [1.165, 1.54) is 5.06 Å². The number of hydrogen-bond donors (Lipinski definition) is 2. The molecular weight excluding hydrogens is 330 g/mol. The first-order valence-corrected chi connectivity index (χ1v) is 7.93. The van der Waals surface area contributed by atoms with E-state index in [-0.39, 0.29) is 12.0 Å². The largest absolute Gasteiger partial charge is 0.496 e. The van der Waals surface area contributed by atoms with Crippen LogP contribution in [-0.4, -0.2) is 38.0 Å². The maximum atomic E-state index is 10.6. The molecule has 0 amide bonds. The first-order valence-electron chi connectivity index (χ1n) is 7.56. The highest BCUT2D eigenvalue weighted by molar-refractivity contribution is 6.34. The van der Waals surface area contributed by atoms with Crippen LogP contribution in [0.25, 0.3) is 11.0 Å². The molecule has 0 saturated heterocycles. The molecule has 0 fully saturated rings. The first kappa shape index (κ1) is 16.6. The van der Waals surface area contributed by atoms with Crippen molar-refractivity contribution in [1.29, 1.82) is 0 Å². The molecule has 1 aliphatic rings. The third-order valence-corrected chi connectivity index (χ3v) is 4.80. The Morgan fingerprint density at radius 2 is 2.08 bits per heavy atom. The fraction of sp³-hybridized carbons (Fsp3) is 0.375. The van der Waals surface area contributed by atoms with E-state index in [2.05, 4.69) is 9.97 Å². The molecule has 0 saturated carbocycles. The van der Waals surface area contributed by atoms with Crippen molar-refractivity contribution in [1.82, 2.24) is 19.6 Å². The Labute approximate surface area is 145 Å². The van der Waals surface area contributed by atoms with E-state index in [1.54, 1.807) is 7.11 Å². The smallest absolute Gasteiger partial charge is 0.223 e. The van der Waals surface area contributed by atoms with E-state index < -0.39 is 0 Å². The van der Waals surface area contributed by atoms with Gasteiger partial charge in [-0.1, -0.05) is 11.6 Å². The highest BCUT2D eigenvalue weighted by atomic mass is 35.5. The predicted octanol–water partition coefficient (Wildman–Crippen LogP) is 2.95. The van der Waals surface area contributed by atoms with E-state index in [9.17, 15) is 5.21 Å². The van der Waals surface area contributed by atoms with Gasteiger partial charge in [-0.05, 0) is 32.4 Å². The molecule has 2 aromatic rings. The van der Waals surface area contributed by atoms with Crippen LogP contribution < -0.4 is 5.73 Å². The number of hydrogen-bond acceptors (Lipinski definition) is 6. The number of anilines is 1. The number of ether oxygens (including phenoxy) is 1. The van der Waals surface area contributed by atoms with Crippen molar-refractivity contribution in [2.24, 2.45) is 0 Å². The topological polar surface area (TPSA) is 89.4 Å². The molecule has 24 heavy (non-hydrogen) atoms. The molecule has 0 aliphatic carbocycles. The van der Waals surface area contributed by atoms with Gasteiger partial charge >= 0.3 is 0 Å². The van der Waals surface area contributed by atoms with Crippen LogP contribution in [0.3, 0.4) is 0 Å². The van der Waals surface area contributed by atoms with Crippen LogP contribution in [0.1, 0.15) is 20.8 Å². The van der Waals surface area contributed by atoms with Gasteiger partial charge in [-0.3, -0.25) is 10.3 Å². The molecule has 7 nitrogen and oxygen atoms in total. The maximum Gasteiger partial charge on any atom is 0.223 e. The zero-order valence-electron chi connectivity index (χ0n) is 14.0. The van der Waals surface area contributed by atoms with Crippen molar-refractivity contribution in [2.45, 2.75) is 33.4 Å². The van der Waals surface area contributed by atoms with Gasteiger partial charge in [0, 0.05) is 11.8 Å². The van der Waals surface area contributed by atoms with Gasteiger partial charge in [-0.25, -0.2) is 4.98 Å². The lowest BCUT2D eigenvalue weighted by atomic mass is 9.98. The van der Waals surface area contributed by atoms with E-state index in [1.807, 2.05) is 37.6 Å². The number of allylic oxidation sites excluding steroid dienone is 2. The van der Waals surface area contributed by atoms with Gasteiger partial charge in [0.25, 0.3) is 0 Å². The third kappa shape index (κ3) is 2.50. The average Bonchev–Trinajstić information content (AvgIpc) is 2.93. The summed E-state index contributed by atoms with van der Waals surface area (Å²) in [4.78, 5) is 8.22. The molecule has 0 aromatic carbocycles. The molecule has 3 rings (SSSR count). The van der Waals surface area contributed by atoms with Crippen molar-refractivity contribution in [2.75, 3.05) is 12.8 Å². The lowest BCUT2D eigenvalue weighted by Gasteiger charge is -2.35. The number of methoxy groups -OCH3 is 1. The van der Waals surface area contributed by atoms with E-state index in [0.717, 1.165) is 28.0 Å². The van der Waals surface area contributed by atoms with Crippen molar-refractivity contribution in [3.05, 3.63) is 40.0 Å². The lowest BCUT2D eigenvalue weighted by Crippen LogP contribution is -2.36. The van der Waals surface area contributed by atoms with Crippen LogP contribution in [0.15, 0.2) is 34.9 Å². The normalized spacial score (nSPS) is 18.8. The zero-order valence-corrected chi connectivity index (χ0v) is 14.8. The molecule has 8 heteroatoms. The van der Waals surface area contributed by atoms with Gasteiger partial charge in [-0.15, -0.1) is 0 Å². The number of fused-ring (bicyclic) bond motifs is 1. The standard InChI is InChI=1S/C16H20ClN5O2/c1-8-10(3)22(23)12(9(2)13(8)24-4)7-21-6-5-11-14(17)19-16(18)20-15(11)21/h5-6,10,23H,7H2,1-4H3,(H2,18,19,20). The third-order valence-electron chi connectivity index (χ3n) is 4.52. The van der Waals surface area contributed by atoms with Gasteiger partial charge in [-0.2, -0.15) is 4.98 Å². The molecule has 3 heterocycles. The second-order valence-electron chi connectivity index (χ2n) is 5.86. The van der Waals surface area contributed by atoms with Gasteiger partial charge in [0.05, 0.1) is 30.8 Å². The number of nitrogen functional groups attached to an aromatic ring is 1.